The fourth-order valence-electron chi connectivity index (χ4n) is 2.43. The lowest BCUT2D eigenvalue weighted by Gasteiger charge is -2.19. The van der Waals surface area contributed by atoms with Gasteiger partial charge in [0, 0.05) is 15.6 Å². The van der Waals surface area contributed by atoms with Crippen molar-refractivity contribution >= 4 is 22.0 Å². The molecule has 3 aromatic rings. The van der Waals surface area contributed by atoms with Gasteiger partial charge >= 0.3 is 6.09 Å². The first kappa shape index (κ1) is 17.4. The summed E-state index contributed by atoms with van der Waals surface area (Å²) >= 11 is 3.48. The number of rotatable bonds is 2. The van der Waals surface area contributed by atoms with E-state index in [1.165, 1.54) is 4.68 Å². The van der Waals surface area contributed by atoms with E-state index in [9.17, 15) is 4.79 Å². The number of hydrogen-bond acceptors (Lipinski definition) is 3. The molecule has 25 heavy (non-hydrogen) atoms. The summed E-state index contributed by atoms with van der Waals surface area (Å²) in [5.41, 5.74) is 2.65. The predicted octanol–water partition coefficient (Wildman–Crippen LogP) is 5.76. The van der Waals surface area contributed by atoms with Gasteiger partial charge in [-0.15, -0.1) is 0 Å². The van der Waals surface area contributed by atoms with Crippen LogP contribution in [0.4, 0.5) is 4.79 Å². The lowest BCUT2D eigenvalue weighted by molar-refractivity contribution is 0.0518. The van der Waals surface area contributed by atoms with Crippen LogP contribution in [0.15, 0.2) is 65.1 Å². The largest absolute Gasteiger partial charge is 0.442 e. The Bertz CT molecular complexity index is 896. The third kappa shape index (κ3) is 4.17. The second-order valence-corrected chi connectivity index (χ2v) is 7.60. The summed E-state index contributed by atoms with van der Waals surface area (Å²) in [6.07, 6.45) is -0.496. The first-order valence-electron chi connectivity index (χ1n) is 7.98. The maximum absolute atomic E-state index is 12.7. The lowest BCUT2D eigenvalue weighted by Crippen LogP contribution is -2.28. The Labute approximate surface area is 155 Å². The number of nitrogens with zero attached hydrogens (tertiary/aromatic N) is 2. The molecule has 0 amide bonds. The Balaban J connectivity index is 2.11. The van der Waals surface area contributed by atoms with Gasteiger partial charge in [-0.3, -0.25) is 0 Å². The molecule has 2 aromatic carbocycles. The molecule has 0 N–H and O–H groups in total. The second-order valence-electron chi connectivity index (χ2n) is 6.68. The van der Waals surface area contributed by atoms with Gasteiger partial charge in [0.15, 0.2) is 0 Å². The van der Waals surface area contributed by atoms with Gasteiger partial charge in [0.05, 0.1) is 11.4 Å². The highest BCUT2D eigenvalue weighted by Crippen LogP contribution is 2.28. The highest BCUT2D eigenvalue weighted by molar-refractivity contribution is 9.10. The van der Waals surface area contributed by atoms with Gasteiger partial charge in [0.2, 0.25) is 0 Å². The normalized spacial score (nSPS) is 11.4. The van der Waals surface area contributed by atoms with Crippen LogP contribution in [-0.2, 0) is 4.74 Å². The Kier molecular flexibility index (Phi) is 4.77. The molecule has 4 nitrogen and oxygen atoms in total. The zero-order chi connectivity index (χ0) is 18.0. The Hall–Kier alpha value is -2.40. The van der Waals surface area contributed by atoms with Crippen molar-refractivity contribution in [1.82, 2.24) is 9.78 Å². The fraction of sp³-hybridized carbons (Fsp3) is 0.200. The molecule has 0 bridgehead atoms. The van der Waals surface area contributed by atoms with Crippen molar-refractivity contribution < 1.29 is 9.53 Å². The summed E-state index contributed by atoms with van der Waals surface area (Å²) in [4.78, 5) is 12.7. The van der Waals surface area contributed by atoms with Gasteiger partial charge in [0.25, 0.3) is 0 Å². The molecule has 128 valence electrons. The molecule has 3 rings (SSSR count). The number of halogens is 1. The van der Waals surface area contributed by atoms with E-state index in [1.54, 1.807) is 0 Å². The number of aromatic nitrogens is 2. The molecule has 0 fully saturated rings. The van der Waals surface area contributed by atoms with E-state index in [1.807, 2.05) is 81.4 Å². The first-order valence-corrected chi connectivity index (χ1v) is 8.77. The van der Waals surface area contributed by atoms with Gasteiger partial charge in [-0.25, -0.2) is 4.79 Å². The zero-order valence-corrected chi connectivity index (χ0v) is 15.9. The standard InChI is InChI=1S/C20H19BrN2O2/c1-20(2,3)25-19(24)23-18(15-10-7-11-16(21)12-15)13-17(22-23)14-8-5-4-6-9-14/h4-13H,1-3H3. The maximum atomic E-state index is 12.7. The van der Waals surface area contributed by atoms with E-state index < -0.39 is 11.7 Å². The predicted molar refractivity (Wildman–Crippen MR) is 102 cm³/mol. The van der Waals surface area contributed by atoms with Gasteiger partial charge in [0.1, 0.15) is 5.60 Å². The van der Waals surface area contributed by atoms with E-state index in [4.69, 9.17) is 4.74 Å². The number of hydrogen-bond donors (Lipinski definition) is 0. The van der Waals surface area contributed by atoms with Crippen molar-refractivity contribution in [2.75, 3.05) is 0 Å². The molecule has 5 heteroatoms. The van der Waals surface area contributed by atoms with Crippen LogP contribution in [0.25, 0.3) is 22.5 Å². The van der Waals surface area contributed by atoms with Crippen LogP contribution < -0.4 is 0 Å². The lowest BCUT2D eigenvalue weighted by atomic mass is 10.1. The molecule has 0 atom stereocenters. The number of carbonyl (C=O) groups is 1. The van der Waals surface area contributed by atoms with Crippen LogP contribution >= 0.6 is 15.9 Å². The minimum Gasteiger partial charge on any atom is -0.442 e. The van der Waals surface area contributed by atoms with E-state index in [-0.39, 0.29) is 0 Å². The molecule has 1 heterocycles. The number of ether oxygens (including phenoxy) is 1. The summed E-state index contributed by atoms with van der Waals surface area (Å²) in [7, 11) is 0. The van der Waals surface area contributed by atoms with E-state index in [0.29, 0.717) is 5.69 Å². The molecule has 0 spiro atoms. The molecular weight excluding hydrogens is 380 g/mol. The average molecular weight is 399 g/mol. The smallest absolute Gasteiger partial charge is 0.435 e. The minimum absolute atomic E-state index is 0.496. The Morgan fingerprint density at radius 2 is 1.68 bits per heavy atom. The van der Waals surface area contributed by atoms with Crippen molar-refractivity contribution in [1.29, 1.82) is 0 Å². The average Bonchev–Trinajstić information content (AvgIpc) is 3.00. The van der Waals surface area contributed by atoms with Crippen molar-refractivity contribution in [2.24, 2.45) is 0 Å². The van der Waals surface area contributed by atoms with Crippen LogP contribution in [0, 0.1) is 0 Å². The second kappa shape index (κ2) is 6.84. The summed E-state index contributed by atoms with van der Waals surface area (Å²) in [5.74, 6) is 0. The molecule has 0 radical (unpaired) electrons. The summed E-state index contributed by atoms with van der Waals surface area (Å²) in [6.45, 7) is 5.52. The molecule has 0 aliphatic heterocycles. The molecule has 0 aliphatic carbocycles. The zero-order valence-electron chi connectivity index (χ0n) is 14.4. The van der Waals surface area contributed by atoms with Gasteiger partial charge < -0.3 is 4.74 Å². The summed E-state index contributed by atoms with van der Waals surface area (Å²) in [5, 5.41) is 4.50. The van der Waals surface area contributed by atoms with E-state index >= 15 is 0 Å². The summed E-state index contributed by atoms with van der Waals surface area (Å²) < 4.78 is 7.78. The maximum Gasteiger partial charge on any atom is 0.435 e. The van der Waals surface area contributed by atoms with Crippen molar-refractivity contribution in [3.63, 3.8) is 0 Å². The monoisotopic (exact) mass is 398 g/mol. The van der Waals surface area contributed by atoms with Gasteiger partial charge in [-0.2, -0.15) is 9.78 Å². The number of benzene rings is 2. The van der Waals surface area contributed by atoms with E-state index in [0.717, 1.165) is 21.3 Å². The Morgan fingerprint density at radius 1 is 1.00 bits per heavy atom. The topological polar surface area (TPSA) is 44.1 Å². The van der Waals surface area contributed by atoms with Gasteiger partial charge in [-0.05, 0) is 39.0 Å². The number of carbonyl (C=O) groups excluding carboxylic acids is 1. The van der Waals surface area contributed by atoms with Crippen LogP contribution in [0.5, 0.6) is 0 Å². The molecule has 1 aromatic heterocycles. The van der Waals surface area contributed by atoms with Crippen LogP contribution in [-0.4, -0.2) is 21.5 Å². The summed E-state index contributed by atoms with van der Waals surface area (Å²) in [6, 6.07) is 19.4. The van der Waals surface area contributed by atoms with Crippen LogP contribution in [0.1, 0.15) is 20.8 Å². The molecule has 0 saturated carbocycles. The highest BCUT2D eigenvalue weighted by Gasteiger charge is 2.23. The third-order valence-corrected chi connectivity index (χ3v) is 3.96. The third-order valence-electron chi connectivity index (χ3n) is 3.47. The minimum atomic E-state index is -0.593. The van der Waals surface area contributed by atoms with Crippen LogP contribution in [0.2, 0.25) is 0 Å². The van der Waals surface area contributed by atoms with Crippen molar-refractivity contribution in [3.05, 3.63) is 65.1 Å². The highest BCUT2D eigenvalue weighted by atomic mass is 79.9. The Morgan fingerprint density at radius 3 is 2.32 bits per heavy atom. The molecule has 0 aliphatic rings. The fourth-order valence-corrected chi connectivity index (χ4v) is 2.83. The SMILES string of the molecule is CC(C)(C)OC(=O)n1nc(-c2ccccc2)cc1-c1cccc(Br)c1. The quantitative estimate of drug-likeness (QED) is 0.550. The van der Waals surface area contributed by atoms with E-state index in [2.05, 4.69) is 21.0 Å². The van der Waals surface area contributed by atoms with Crippen molar-refractivity contribution in [2.45, 2.75) is 26.4 Å². The molecular formula is C20H19BrN2O2. The van der Waals surface area contributed by atoms with Crippen molar-refractivity contribution in [3.8, 4) is 22.5 Å². The van der Waals surface area contributed by atoms with Gasteiger partial charge in [-0.1, -0.05) is 58.4 Å². The molecule has 0 unspecified atom stereocenters. The van der Waals surface area contributed by atoms with Crippen LogP contribution in [0.3, 0.4) is 0 Å². The molecule has 0 saturated heterocycles. The first-order chi connectivity index (χ1) is 11.8.